The molecule has 0 N–H and O–H groups in total. The van der Waals surface area contributed by atoms with Crippen molar-refractivity contribution in [3.63, 3.8) is 0 Å². The van der Waals surface area contributed by atoms with Crippen LogP contribution in [0.5, 0.6) is 11.5 Å². The molecule has 4 rings (SSSR count). The van der Waals surface area contributed by atoms with Gasteiger partial charge in [-0.3, -0.25) is 14.6 Å². The quantitative estimate of drug-likeness (QED) is 0.257. The number of hydrogen-bond donors (Lipinski definition) is 0. The number of methoxy groups -OCH3 is 2. The van der Waals surface area contributed by atoms with Crippen molar-refractivity contribution in [2.75, 3.05) is 66.7 Å². The van der Waals surface area contributed by atoms with E-state index in [9.17, 15) is 31.1 Å². The molecule has 2 aromatic carbocycles. The first-order valence-electron chi connectivity index (χ1n) is 14.4. The Kier molecular flexibility index (Phi) is 14.1. The number of alkyl halides is 6. The maximum atomic E-state index is 13.7. The van der Waals surface area contributed by atoms with Crippen molar-refractivity contribution in [1.82, 2.24) is 14.7 Å². The van der Waals surface area contributed by atoms with Crippen LogP contribution in [-0.4, -0.2) is 98.9 Å². The number of para-hydroxylation sites is 1. The summed E-state index contributed by atoms with van der Waals surface area (Å²) in [4.78, 5) is 19.3. The van der Waals surface area contributed by atoms with Gasteiger partial charge in [-0.25, -0.2) is 0 Å². The Labute approximate surface area is 283 Å². The van der Waals surface area contributed by atoms with Crippen molar-refractivity contribution in [3.8, 4) is 23.3 Å². The average Bonchev–Trinajstić information content (AvgIpc) is 2.98. The Morgan fingerprint density at radius 3 is 2.15 bits per heavy atom. The van der Waals surface area contributed by atoms with E-state index < -0.39 is 41.0 Å². The van der Waals surface area contributed by atoms with Crippen LogP contribution in [-0.2, 0) is 23.5 Å². The third-order valence-electron chi connectivity index (χ3n) is 8.12. The molecule has 0 aliphatic carbocycles. The first-order valence-corrected chi connectivity index (χ1v) is 14.4. The van der Waals surface area contributed by atoms with Crippen LogP contribution in [0.4, 0.5) is 26.3 Å². The minimum Gasteiger partial charge on any atom is -0.493 e. The van der Waals surface area contributed by atoms with Crippen LogP contribution in [0, 0.1) is 11.8 Å². The zero-order chi connectivity index (χ0) is 33.0. The number of hydrogen-bond acceptors (Lipinski definition) is 6. The SMILES string of the molecule is COc1cccc(CC2CN(CC#CCN3CCOCC3(C)C)CCN2C(=O)c2cc(C(F)(F)F)cc(C(F)(F)F)c2)c1OC.Cl.Cl. The fourth-order valence-electron chi connectivity index (χ4n) is 5.62. The average molecular weight is 715 g/mol. The van der Waals surface area contributed by atoms with Crippen molar-refractivity contribution < 1.29 is 45.3 Å². The third kappa shape index (κ3) is 10.1. The Morgan fingerprint density at radius 1 is 0.936 bits per heavy atom. The van der Waals surface area contributed by atoms with Crippen LogP contribution in [0.25, 0.3) is 0 Å². The fraction of sp³-hybridized carbons (Fsp3) is 0.531. The van der Waals surface area contributed by atoms with Gasteiger partial charge in [0, 0.05) is 48.9 Å². The highest BCUT2D eigenvalue weighted by Gasteiger charge is 2.39. The number of rotatable bonds is 7. The molecule has 0 aromatic heterocycles. The number of amides is 1. The summed E-state index contributed by atoms with van der Waals surface area (Å²) < 4.78 is 97.9. The van der Waals surface area contributed by atoms with Gasteiger partial charge < -0.3 is 19.1 Å². The second-order valence-electron chi connectivity index (χ2n) is 11.7. The molecule has 0 saturated carbocycles. The molecule has 2 saturated heterocycles. The van der Waals surface area contributed by atoms with Crippen LogP contribution in [0.2, 0.25) is 0 Å². The molecule has 2 heterocycles. The zero-order valence-corrected chi connectivity index (χ0v) is 28.1. The summed E-state index contributed by atoms with van der Waals surface area (Å²) in [6.45, 7) is 7.80. The van der Waals surface area contributed by atoms with Crippen LogP contribution < -0.4 is 9.47 Å². The Hall–Kier alpha value is -2.89. The molecule has 2 aliphatic rings. The smallest absolute Gasteiger partial charge is 0.416 e. The number of morpholine rings is 1. The molecule has 15 heteroatoms. The molecular formula is C32H39Cl2F6N3O4. The monoisotopic (exact) mass is 713 g/mol. The summed E-state index contributed by atoms with van der Waals surface area (Å²) in [5.74, 6) is 6.35. The van der Waals surface area contributed by atoms with Crippen molar-refractivity contribution in [2.24, 2.45) is 0 Å². The highest BCUT2D eigenvalue weighted by Crippen LogP contribution is 2.37. The summed E-state index contributed by atoms with van der Waals surface area (Å²) in [7, 11) is 2.94. The van der Waals surface area contributed by atoms with Crippen LogP contribution in [0.15, 0.2) is 36.4 Å². The molecule has 2 aliphatic heterocycles. The molecular weight excluding hydrogens is 675 g/mol. The molecule has 2 fully saturated rings. The summed E-state index contributed by atoms with van der Waals surface area (Å²) in [5.41, 5.74) is -3.23. The molecule has 47 heavy (non-hydrogen) atoms. The van der Waals surface area contributed by atoms with Gasteiger partial charge in [0.25, 0.3) is 5.91 Å². The minimum absolute atomic E-state index is 0. The molecule has 1 atom stereocenters. The summed E-state index contributed by atoms with van der Waals surface area (Å²) in [5, 5.41) is 0. The van der Waals surface area contributed by atoms with E-state index in [-0.39, 0.29) is 55.9 Å². The normalized spacial score (nSPS) is 18.7. The Bertz CT molecular complexity index is 1400. The lowest BCUT2D eigenvalue weighted by Gasteiger charge is -2.41. The van der Waals surface area contributed by atoms with Crippen LogP contribution >= 0.6 is 24.8 Å². The predicted molar refractivity (Wildman–Crippen MR) is 170 cm³/mol. The largest absolute Gasteiger partial charge is 0.493 e. The molecule has 1 amide bonds. The van der Waals surface area contributed by atoms with E-state index in [2.05, 4.69) is 30.6 Å². The van der Waals surface area contributed by atoms with Gasteiger partial charge in [-0.1, -0.05) is 24.0 Å². The Balaban J connectivity index is 0.00000384. The summed E-state index contributed by atoms with van der Waals surface area (Å²) in [6.07, 6.45) is -9.93. The van der Waals surface area contributed by atoms with Gasteiger partial charge in [0.05, 0.1) is 51.6 Å². The van der Waals surface area contributed by atoms with E-state index in [1.807, 2.05) is 4.90 Å². The summed E-state index contributed by atoms with van der Waals surface area (Å²) >= 11 is 0. The second-order valence-corrected chi connectivity index (χ2v) is 11.7. The van der Waals surface area contributed by atoms with Gasteiger partial charge in [-0.05, 0) is 44.5 Å². The van der Waals surface area contributed by atoms with Crippen molar-refractivity contribution >= 4 is 30.7 Å². The number of nitrogens with zero attached hydrogens (tertiary/aromatic N) is 3. The molecule has 0 spiro atoms. The number of piperazine rings is 1. The van der Waals surface area contributed by atoms with Gasteiger partial charge in [-0.2, -0.15) is 26.3 Å². The van der Waals surface area contributed by atoms with Crippen molar-refractivity contribution in [3.05, 3.63) is 58.7 Å². The van der Waals surface area contributed by atoms with Gasteiger partial charge in [0.2, 0.25) is 0 Å². The van der Waals surface area contributed by atoms with Crippen molar-refractivity contribution in [2.45, 2.75) is 44.2 Å². The number of carbonyl (C=O) groups excluding carboxylic acids is 1. The molecule has 0 radical (unpaired) electrons. The zero-order valence-electron chi connectivity index (χ0n) is 26.5. The molecule has 1 unspecified atom stereocenters. The van der Waals surface area contributed by atoms with E-state index in [4.69, 9.17) is 14.2 Å². The van der Waals surface area contributed by atoms with Crippen LogP contribution in [0.3, 0.4) is 0 Å². The maximum Gasteiger partial charge on any atom is 0.416 e. The maximum absolute atomic E-state index is 13.7. The topological polar surface area (TPSA) is 54.5 Å². The standard InChI is InChI=1S/C32H37F6N3O4.2ClH/c1-30(2)21-45-15-14-40(30)11-6-5-10-39-12-13-41(26(20-39)18-22-8-7-9-27(43-3)28(22)44-4)29(42)23-16-24(31(33,34)35)19-25(17-23)32(36,37)38;;/h7-9,16-17,19,26H,10-15,18,20-21H2,1-4H3;2*1H. The van der Waals surface area contributed by atoms with E-state index in [0.717, 1.165) is 6.54 Å². The predicted octanol–water partition coefficient (Wildman–Crippen LogP) is 6.07. The lowest BCUT2D eigenvalue weighted by molar-refractivity contribution is -0.143. The molecule has 7 nitrogen and oxygen atoms in total. The van der Waals surface area contributed by atoms with Gasteiger partial charge in [0.15, 0.2) is 11.5 Å². The van der Waals surface area contributed by atoms with E-state index in [1.165, 1.54) is 19.1 Å². The highest BCUT2D eigenvalue weighted by molar-refractivity contribution is 5.95. The third-order valence-corrected chi connectivity index (χ3v) is 8.12. The van der Waals surface area contributed by atoms with Crippen LogP contribution in [0.1, 0.15) is 40.9 Å². The summed E-state index contributed by atoms with van der Waals surface area (Å²) in [6, 6.07) is 5.58. The minimum atomic E-state index is -5.07. The highest BCUT2D eigenvalue weighted by atomic mass is 35.5. The lowest BCUT2D eigenvalue weighted by Crippen LogP contribution is -2.56. The lowest BCUT2D eigenvalue weighted by atomic mass is 9.98. The van der Waals surface area contributed by atoms with E-state index in [0.29, 0.717) is 62.0 Å². The number of ether oxygens (including phenoxy) is 3. The molecule has 2 aromatic rings. The van der Waals surface area contributed by atoms with Gasteiger partial charge in [0.1, 0.15) is 0 Å². The fourth-order valence-corrected chi connectivity index (χ4v) is 5.62. The first-order chi connectivity index (χ1) is 21.1. The Morgan fingerprint density at radius 2 is 1.57 bits per heavy atom. The number of benzene rings is 2. The van der Waals surface area contributed by atoms with E-state index >= 15 is 0 Å². The molecule has 262 valence electrons. The number of halogens is 8. The second kappa shape index (κ2) is 16.5. The number of carbonyl (C=O) groups is 1. The first kappa shape index (κ1) is 40.3. The van der Waals surface area contributed by atoms with E-state index in [1.54, 1.807) is 18.2 Å². The van der Waals surface area contributed by atoms with Crippen molar-refractivity contribution in [1.29, 1.82) is 0 Å². The van der Waals surface area contributed by atoms with Gasteiger partial charge >= 0.3 is 12.4 Å². The molecule has 0 bridgehead atoms. The van der Waals surface area contributed by atoms with Gasteiger partial charge in [-0.15, -0.1) is 24.8 Å².